The van der Waals surface area contributed by atoms with Gasteiger partial charge in [-0.3, -0.25) is 19.8 Å². The second-order valence-electron chi connectivity index (χ2n) is 8.54. The van der Waals surface area contributed by atoms with Crippen LogP contribution in [0.3, 0.4) is 0 Å². The van der Waals surface area contributed by atoms with Crippen LogP contribution < -0.4 is 16.5 Å². The zero-order valence-corrected chi connectivity index (χ0v) is 19.9. The SMILES string of the molecule is NC(=O)C1c2nncn2C(Cc2ccccc2Cl)=CN1Nc1ccc(C2CCNCC2)cc1Cl. The molecule has 2 aliphatic rings. The van der Waals surface area contributed by atoms with Crippen molar-refractivity contribution in [3.8, 4) is 0 Å². The summed E-state index contributed by atoms with van der Waals surface area (Å²) >= 11 is 13.1. The Hall–Kier alpha value is -3.07. The molecule has 0 saturated carbocycles. The van der Waals surface area contributed by atoms with E-state index in [0.717, 1.165) is 37.2 Å². The molecule has 176 valence electrons. The van der Waals surface area contributed by atoms with Crippen LogP contribution in [0.4, 0.5) is 5.69 Å². The third kappa shape index (κ3) is 4.49. The molecule has 4 N–H and O–H groups in total. The summed E-state index contributed by atoms with van der Waals surface area (Å²) in [7, 11) is 0. The van der Waals surface area contributed by atoms with E-state index in [-0.39, 0.29) is 0 Å². The Balaban J connectivity index is 1.46. The third-order valence-electron chi connectivity index (χ3n) is 6.35. The normalized spacial score (nSPS) is 18.4. The molecule has 5 rings (SSSR count). The Bertz CT molecular complexity index is 1240. The summed E-state index contributed by atoms with van der Waals surface area (Å²) in [6.45, 7) is 2.02. The lowest BCUT2D eigenvalue weighted by Gasteiger charge is -2.34. The molecule has 10 heteroatoms. The van der Waals surface area contributed by atoms with Crippen LogP contribution in [0, 0.1) is 0 Å². The van der Waals surface area contributed by atoms with Gasteiger partial charge in [-0.2, -0.15) is 0 Å². The van der Waals surface area contributed by atoms with Gasteiger partial charge in [-0.05, 0) is 61.2 Å². The number of fused-ring (bicyclic) bond motifs is 1. The highest BCUT2D eigenvalue weighted by Gasteiger charge is 2.34. The van der Waals surface area contributed by atoms with E-state index in [0.29, 0.717) is 33.9 Å². The number of rotatable bonds is 6. The summed E-state index contributed by atoms with van der Waals surface area (Å²) in [5, 5.41) is 14.5. The number of carbonyl (C=O) groups excluding carboxylic acids is 1. The van der Waals surface area contributed by atoms with Gasteiger partial charge < -0.3 is 11.1 Å². The van der Waals surface area contributed by atoms with E-state index >= 15 is 0 Å². The van der Waals surface area contributed by atoms with E-state index < -0.39 is 11.9 Å². The van der Waals surface area contributed by atoms with Crippen molar-refractivity contribution >= 4 is 40.5 Å². The van der Waals surface area contributed by atoms with Crippen molar-refractivity contribution < 1.29 is 4.79 Å². The number of hydrogen-bond donors (Lipinski definition) is 3. The molecule has 0 bridgehead atoms. The molecule has 1 amide bonds. The Kier molecular flexibility index (Phi) is 6.45. The van der Waals surface area contributed by atoms with Gasteiger partial charge in [0, 0.05) is 23.3 Å². The van der Waals surface area contributed by atoms with E-state index in [4.69, 9.17) is 28.9 Å². The van der Waals surface area contributed by atoms with Crippen LogP contribution >= 0.6 is 23.2 Å². The van der Waals surface area contributed by atoms with Gasteiger partial charge in [-0.25, -0.2) is 0 Å². The first-order valence-electron chi connectivity index (χ1n) is 11.2. The highest BCUT2D eigenvalue weighted by Crippen LogP contribution is 2.35. The quantitative estimate of drug-likeness (QED) is 0.476. The molecule has 1 unspecified atom stereocenters. The zero-order chi connectivity index (χ0) is 23.7. The summed E-state index contributed by atoms with van der Waals surface area (Å²) in [5.74, 6) is 0.353. The van der Waals surface area contributed by atoms with Crippen LogP contribution in [0.2, 0.25) is 10.0 Å². The van der Waals surface area contributed by atoms with Gasteiger partial charge in [0.05, 0.1) is 10.7 Å². The van der Waals surface area contributed by atoms with E-state index in [1.165, 1.54) is 5.56 Å². The lowest BCUT2D eigenvalue weighted by Crippen LogP contribution is -2.42. The molecule has 1 aromatic heterocycles. The monoisotopic (exact) mass is 497 g/mol. The average Bonchev–Trinajstić information content (AvgIpc) is 3.32. The Labute approximate surface area is 207 Å². The molecule has 1 saturated heterocycles. The van der Waals surface area contributed by atoms with E-state index in [2.05, 4.69) is 27.0 Å². The first-order valence-corrected chi connectivity index (χ1v) is 12.0. The number of aromatic nitrogens is 3. The second kappa shape index (κ2) is 9.66. The van der Waals surface area contributed by atoms with E-state index in [1.54, 1.807) is 15.9 Å². The molecule has 2 aliphatic heterocycles. The van der Waals surface area contributed by atoms with Gasteiger partial charge in [0.25, 0.3) is 0 Å². The number of carbonyl (C=O) groups is 1. The lowest BCUT2D eigenvalue weighted by molar-refractivity contribution is -0.122. The lowest BCUT2D eigenvalue weighted by atomic mass is 9.90. The Morgan fingerprint density at radius 2 is 1.94 bits per heavy atom. The molecule has 8 nitrogen and oxygen atoms in total. The summed E-state index contributed by atoms with van der Waals surface area (Å²) in [6, 6.07) is 12.8. The summed E-state index contributed by atoms with van der Waals surface area (Å²) in [5.41, 5.74) is 12.7. The molecule has 34 heavy (non-hydrogen) atoms. The first kappa shape index (κ1) is 22.7. The minimum absolute atomic E-state index is 0.423. The predicted molar refractivity (Wildman–Crippen MR) is 133 cm³/mol. The van der Waals surface area contributed by atoms with Gasteiger partial charge in [0.2, 0.25) is 5.91 Å². The molecule has 0 radical (unpaired) electrons. The molecule has 0 aliphatic carbocycles. The molecule has 3 heterocycles. The van der Waals surface area contributed by atoms with Crippen molar-refractivity contribution in [1.29, 1.82) is 0 Å². The van der Waals surface area contributed by atoms with Crippen molar-refractivity contribution in [2.24, 2.45) is 5.73 Å². The summed E-state index contributed by atoms with van der Waals surface area (Å²) in [4.78, 5) is 12.5. The maximum absolute atomic E-state index is 12.5. The van der Waals surface area contributed by atoms with Crippen LogP contribution in [-0.4, -0.2) is 38.8 Å². The average molecular weight is 498 g/mol. The van der Waals surface area contributed by atoms with Gasteiger partial charge in [-0.15, -0.1) is 10.2 Å². The van der Waals surface area contributed by atoms with Gasteiger partial charge in [0.1, 0.15) is 6.33 Å². The fraction of sp³-hybridized carbons (Fsp3) is 0.292. The Morgan fingerprint density at radius 3 is 2.68 bits per heavy atom. The van der Waals surface area contributed by atoms with E-state index in [1.807, 2.05) is 42.6 Å². The number of primary amides is 1. The van der Waals surface area contributed by atoms with Crippen molar-refractivity contribution in [2.75, 3.05) is 18.5 Å². The highest BCUT2D eigenvalue weighted by atomic mass is 35.5. The summed E-state index contributed by atoms with van der Waals surface area (Å²) < 4.78 is 1.78. The number of hydrogen-bond acceptors (Lipinski definition) is 6. The number of nitrogens with one attached hydrogen (secondary N) is 2. The molecule has 1 fully saturated rings. The van der Waals surface area contributed by atoms with Crippen molar-refractivity contribution in [3.63, 3.8) is 0 Å². The zero-order valence-electron chi connectivity index (χ0n) is 18.4. The van der Waals surface area contributed by atoms with Crippen LogP contribution in [0.1, 0.15) is 41.8 Å². The molecular formula is C24H25Cl2N7O. The van der Waals surface area contributed by atoms with E-state index in [9.17, 15) is 4.79 Å². The number of nitrogens with two attached hydrogens (primary N) is 1. The molecule has 3 aromatic rings. The number of piperidine rings is 1. The fourth-order valence-electron chi connectivity index (χ4n) is 4.57. The van der Waals surface area contributed by atoms with Gasteiger partial charge in [-0.1, -0.05) is 47.5 Å². The number of allylic oxidation sites excluding steroid dienone is 1. The predicted octanol–water partition coefficient (Wildman–Crippen LogP) is 3.96. The number of anilines is 1. The number of hydrazine groups is 1. The maximum Gasteiger partial charge on any atom is 0.250 e. The van der Waals surface area contributed by atoms with Crippen LogP contribution in [-0.2, 0) is 11.2 Å². The van der Waals surface area contributed by atoms with Crippen molar-refractivity contribution in [2.45, 2.75) is 31.2 Å². The maximum atomic E-state index is 12.5. The largest absolute Gasteiger partial charge is 0.367 e. The summed E-state index contributed by atoms with van der Waals surface area (Å²) in [6.07, 6.45) is 6.08. The number of benzene rings is 2. The fourth-order valence-corrected chi connectivity index (χ4v) is 5.01. The smallest absolute Gasteiger partial charge is 0.250 e. The van der Waals surface area contributed by atoms with Gasteiger partial charge >= 0.3 is 0 Å². The third-order valence-corrected chi connectivity index (χ3v) is 7.03. The molecule has 0 spiro atoms. The van der Waals surface area contributed by atoms with Crippen LogP contribution in [0.5, 0.6) is 0 Å². The minimum Gasteiger partial charge on any atom is -0.367 e. The first-order chi connectivity index (χ1) is 16.5. The number of halogens is 2. The molecular weight excluding hydrogens is 473 g/mol. The minimum atomic E-state index is -0.863. The Morgan fingerprint density at radius 1 is 1.15 bits per heavy atom. The van der Waals surface area contributed by atoms with Crippen molar-refractivity contribution in [3.05, 3.63) is 82.0 Å². The van der Waals surface area contributed by atoms with Crippen molar-refractivity contribution in [1.82, 2.24) is 25.1 Å². The topological polar surface area (TPSA) is 101 Å². The second-order valence-corrected chi connectivity index (χ2v) is 9.35. The van der Waals surface area contributed by atoms with Gasteiger partial charge in [0.15, 0.2) is 11.9 Å². The number of amides is 1. The molecule has 2 aromatic carbocycles. The highest BCUT2D eigenvalue weighted by molar-refractivity contribution is 6.33. The van der Waals surface area contributed by atoms with Crippen LogP contribution in [0.15, 0.2) is 55.0 Å². The number of nitrogens with zero attached hydrogens (tertiary/aromatic N) is 4. The standard InChI is InChI=1S/C24H25Cl2N7O/c25-19-4-2-1-3-17(19)11-18-13-33(22(23(27)34)24-30-29-14-32(18)24)31-21-6-5-16(12-20(21)26)15-7-9-28-10-8-15/h1-6,12-15,22,28,31H,7-11H2,(H2,27,34). The molecule has 1 atom stereocenters. The van der Waals surface area contributed by atoms with Crippen LogP contribution in [0.25, 0.3) is 5.70 Å².